The molecule has 36 heavy (non-hydrogen) atoms. The van der Waals surface area contributed by atoms with Crippen LogP contribution >= 0.6 is 17.0 Å². The summed E-state index contributed by atoms with van der Waals surface area (Å²) in [6, 6.07) is 28.0. The van der Waals surface area contributed by atoms with Crippen molar-refractivity contribution in [3.8, 4) is 0 Å². The Kier molecular flexibility index (Phi) is 14.4. The van der Waals surface area contributed by atoms with E-state index >= 15 is 0 Å². The van der Waals surface area contributed by atoms with Gasteiger partial charge in [-0.05, 0) is 12.8 Å². The van der Waals surface area contributed by atoms with Gasteiger partial charge < -0.3 is 0 Å². The van der Waals surface area contributed by atoms with Gasteiger partial charge in [-0.25, -0.2) is 0 Å². The predicted octanol–water partition coefficient (Wildman–Crippen LogP) is 9.07. The van der Waals surface area contributed by atoms with Crippen molar-refractivity contribution in [2.24, 2.45) is 0 Å². The molecule has 4 aromatic rings. The molecule has 0 unspecified atom stereocenters. The zero-order valence-electron chi connectivity index (χ0n) is 23.0. The second kappa shape index (κ2) is 16.4. The van der Waals surface area contributed by atoms with Crippen LogP contribution in [0, 0.1) is 0 Å². The Morgan fingerprint density at radius 3 is 1.22 bits per heavy atom. The van der Waals surface area contributed by atoms with E-state index in [-0.39, 0.29) is 17.6 Å². The number of aryl methyl sites for hydroxylation is 2. The first-order chi connectivity index (χ1) is 17.4. The summed E-state index contributed by atoms with van der Waals surface area (Å²) in [7, 11) is 9.60. The monoisotopic (exact) mass is 630 g/mol. The Morgan fingerprint density at radius 1 is 0.639 bits per heavy atom. The molecule has 0 heterocycles. The molecule has 0 amide bonds. The SMILES string of the molecule is CCc1[cH-]c2ccccc2c1[Si](CC)CC.CCc1[cH-]c2ccccc2c1[Si](CC)CC.[CH2]=[Zr]([Cl])[Cl]. The molecule has 0 bridgehead atoms. The molecule has 0 nitrogen and oxygen atoms in total. The van der Waals surface area contributed by atoms with Gasteiger partial charge >= 0.3 is 40.1 Å². The molecular formula is C31H42Cl2Si2Zr-2. The van der Waals surface area contributed by atoms with Crippen LogP contribution in [-0.2, 0) is 31.7 Å². The van der Waals surface area contributed by atoms with E-state index in [1.807, 2.05) is 0 Å². The first kappa shape index (κ1) is 31.6. The van der Waals surface area contributed by atoms with Crippen LogP contribution in [0.25, 0.3) is 21.5 Å². The Bertz CT molecular complexity index is 1120. The average molecular weight is 633 g/mol. The van der Waals surface area contributed by atoms with Crippen LogP contribution < -0.4 is 10.4 Å². The van der Waals surface area contributed by atoms with Crippen LogP contribution in [0.3, 0.4) is 0 Å². The summed E-state index contributed by atoms with van der Waals surface area (Å²) in [6.45, 7) is 13.9. The van der Waals surface area contributed by atoms with Gasteiger partial charge in [-0.3, -0.25) is 0 Å². The molecule has 0 aliphatic rings. The van der Waals surface area contributed by atoms with Gasteiger partial charge in [0.25, 0.3) is 0 Å². The predicted molar refractivity (Wildman–Crippen MR) is 169 cm³/mol. The molecule has 0 saturated heterocycles. The van der Waals surface area contributed by atoms with Gasteiger partial charge in [0.15, 0.2) is 0 Å². The van der Waals surface area contributed by atoms with Crippen molar-refractivity contribution in [1.29, 1.82) is 0 Å². The molecule has 0 spiro atoms. The van der Waals surface area contributed by atoms with Crippen molar-refractivity contribution in [1.82, 2.24) is 0 Å². The fraction of sp³-hybridized carbons (Fsp3) is 0.387. The van der Waals surface area contributed by atoms with Crippen molar-refractivity contribution in [2.45, 2.75) is 78.6 Å². The normalized spacial score (nSPS) is 10.9. The molecule has 0 aliphatic carbocycles. The minimum absolute atomic E-state index is 0.325. The number of rotatable bonds is 8. The van der Waals surface area contributed by atoms with Crippen molar-refractivity contribution in [3.05, 3.63) is 71.8 Å². The average Bonchev–Trinajstić information content (AvgIpc) is 3.45. The third kappa shape index (κ3) is 8.21. The van der Waals surface area contributed by atoms with E-state index < -0.39 is 18.9 Å². The third-order valence-electron chi connectivity index (χ3n) is 6.94. The van der Waals surface area contributed by atoms with Crippen LogP contribution in [0.1, 0.15) is 52.7 Å². The Hall–Kier alpha value is -0.573. The molecule has 0 aliphatic heterocycles. The summed E-state index contributed by atoms with van der Waals surface area (Å²) in [5.41, 5.74) is 3.19. The summed E-state index contributed by atoms with van der Waals surface area (Å²) in [6.07, 6.45) is 2.36. The molecule has 5 heteroatoms. The fourth-order valence-electron chi connectivity index (χ4n) is 5.17. The number of hydrogen-bond donors (Lipinski definition) is 0. The molecule has 4 rings (SSSR count). The molecule has 0 atom stereocenters. The Labute approximate surface area is 238 Å². The summed E-state index contributed by atoms with van der Waals surface area (Å²) in [5, 5.41) is 9.37. The van der Waals surface area contributed by atoms with Crippen LogP contribution in [0.5, 0.6) is 0 Å². The van der Waals surface area contributed by atoms with Crippen LogP contribution in [0.4, 0.5) is 0 Å². The Balaban J connectivity index is 0.000000221. The topological polar surface area (TPSA) is 0 Å². The van der Waals surface area contributed by atoms with Gasteiger partial charge in [0.2, 0.25) is 0 Å². The maximum absolute atomic E-state index is 5.13. The van der Waals surface area contributed by atoms with E-state index in [2.05, 4.69) is 106 Å². The number of halogens is 2. The first-order valence-electron chi connectivity index (χ1n) is 13.4. The summed E-state index contributed by atoms with van der Waals surface area (Å²) in [5.74, 6) is 0. The van der Waals surface area contributed by atoms with Gasteiger partial charge in [0.1, 0.15) is 0 Å². The first-order valence-corrected chi connectivity index (χ1v) is 25.3. The van der Waals surface area contributed by atoms with E-state index in [1.165, 1.54) is 58.6 Å². The van der Waals surface area contributed by atoms with Gasteiger partial charge in [0.05, 0.1) is 0 Å². The molecule has 0 N–H and O–H groups in total. The van der Waals surface area contributed by atoms with Crippen LogP contribution in [-0.4, -0.2) is 21.8 Å². The van der Waals surface area contributed by atoms with Crippen LogP contribution in [0.2, 0.25) is 24.2 Å². The molecule has 0 saturated carbocycles. The van der Waals surface area contributed by atoms with Gasteiger partial charge in [-0.15, -0.1) is 81.2 Å². The second-order valence-corrected chi connectivity index (χ2v) is 23.4. The number of hydrogen-bond acceptors (Lipinski definition) is 0. The molecule has 2 radical (unpaired) electrons. The number of benzene rings is 2. The molecule has 0 aromatic heterocycles. The zero-order chi connectivity index (χ0) is 26.7. The second-order valence-electron chi connectivity index (χ2n) is 8.93. The van der Waals surface area contributed by atoms with Gasteiger partial charge in [-0.1, -0.05) is 77.9 Å². The third-order valence-corrected chi connectivity index (χ3v) is 12.9. The Morgan fingerprint density at radius 2 is 0.944 bits per heavy atom. The quantitative estimate of drug-likeness (QED) is 0.134. The summed E-state index contributed by atoms with van der Waals surface area (Å²) in [4.78, 5) is 0. The standard InChI is InChI=1S/2C15H20Si.CH2.2ClH.Zr/c2*1-4-12-11-13-9-7-8-10-14(13)15(12)16(5-2)6-3;;;;/h2*7-11H,4-6H2,1-3H3;1H2;2*1H;/q2*-1;;;;+2/p-2. The van der Waals surface area contributed by atoms with Gasteiger partial charge in [0, 0.05) is 17.6 Å². The van der Waals surface area contributed by atoms with Crippen molar-refractivity contribution in [2.75, 3.05) is 0 Å². The minimum atomic E-state index is -1.85. The van der Waals surface area contributed by atoms with E-state index in [0.717, 1.165) is 0 Å². The molecule has 4 aromatic carbocycles. The molecule has 194 valence electrons. The summed E-state index contributed by atoms with van der Waals surface area (Å²) < 4.78 is 3.37. The summed E-state index contributed by atoms with van der Waals surface area (Å²) >= 11 is -1.85. The van der Waals surface area contributed by atoms with Crippen molar-refractivity contribution >= 4 is 70.7 Å². The molecular weight excluding hydrogens is 591 g/mol. The van der Waals surface area contributed by atoms with Crippen molar-refractivity contribution < 1.29 is 18.9 Å². The van der Waals surface area contributed by atoms with E-state index in [4.69, 9.17) is 17.0 Å². The van der Waals surface area contributed by atoms with Crippen molar-refractivity contribution in [3.63, 3.8) is 0 Å². The fourth-order valence-corrected chi connectivity index (χ4v) is 10.2. The van der Waals surface area contributed by atoms with Crippen LogP contribution in [0.15, 0.2) is 60.7 Å². The van der Waals surface area contributed by atoms with E-state index in [0.29, 0.717) is 0 Å². The van der Waals surface area contributed by atoms with E-state index in [1.54, 1.807) is 21.5 Å². The molecule has 0 fully saturated rings. The maximum atomic E-state index is 5.13. The van der Waals surface area contributed by atoms with E-state index in [9.17, 15) is 0 Å². The van der Waals surface area contributed by atoms with Gasteiger partial charge in [-0.2, -0.15) is 10.4 Å². The zero-order valence-corrected chi connectivity index (χ0v) is 28.9. The number of fused-ring (bicyclic) bond motifs is 2.